The van der Waals surface area contributed by atoms with Crippen molar-refractivity contribution >= 4 is 61.7 Å². The van der Waals surface area contributed by atoms with Crippen molar-refractivity contribution in [1.29, 1.82) is 0 Å². The fourth-order valence-electron chi connectivity index (χ4n) is 3.82. The highest BCUT2D eigenvalue weighted by Crippen LogP contribution is 2.34. The number of aryl methyl sites for hydroxylation is 1. The number of benzene rings is 2. The second kappa shape index (κ2) is 8.46. The molecule has 0 spiro atoms. The molecule has 5 rings (SSSR count). The molecule has 4 aromatic rings. The van der Waals surface area contributed by atoms with E-state index in [0.717, 1.165) is 20.7 Å². The summed E-state index contributed by atoms with van der Waals surface area (Å²) in [5.41, 5.74) is 2.58. The Morgan fingerprint density at radius 2 is 1.88 bits per heavy atom. The number of halogens is 1. The number of carbonyl (C=O) groups is 3. The number of carbonyl (C=O) groups excluding carboxylic acids is 3. The number of imide groups is 1. The predicted octanol–water partition coefficient (Wildman–Crippen LogP) is 5.35. The van der Waals surface area contributed by atoms with Gasteiger partial charge in [0.2, 0.25) is 11.8 Å². The SMILES string of the molecule is Cc1cc(Cl)cc2sc(N(Cc3ccco3)C(=O)c3ccc(N4C(=O)CCC4=O)cc3)nc12. The zero-order chi connectivity index (χ0) is 23.1. The smallest absolute Gasteiger partial charge is 0.260 e. The summed E-state index contributed by atoms with van der Waals surface area (Å²) in [6.45, 7) is 2.12. The molecule has 0 saturated carbocycles. The molecule has 3 amide bonds. The number of hydrogen-bond acceptors (Lipinski definition) is 6. The van der Waals surface area contributed by atoms with Crippen LogP contribution in [-0.4, -0.2) is 22.7 Å². The summed E-state index contributed by atoms with van der Waals surface area (Å²) in [6.07, 6.45) is 1.97. The van der Waals surface area contributed by atoms with E-state index >= 15 is 0 Å². The molecule has 1 aliphatic heterocycles. The first kappa shape index (κ1) is 21.4. The number of rotatable bonds is 5. The molecule has 2 aromatic carbocycles. The number of thiazole rings is 1. The number of amides is 3. The van der Waals surface area contributed by atoms with E-state index in [-0.39, 0.29) is 37.1 Å². The van der Waals surface area contributed by atoms with Crippen LogP contribution in [0.3, 0.4) is 0 Å². The standard InChI is InChI=1S/C24H18ClN3O4S/c1-14-11-16(25)12-19-22(14)26-24(33-19)27(13-18-3-2-10-32-18)23(31)15-4-6-17(7-5-15)28-20(29)8-9-21(28)30/h2-7,10-12H,8-9,13H2,1H3. The number of anilines is 2. The van der Waals surface area contributed by atoms with Gasteiger partial charge in [-0.25, -0.2) is 4.98 Å². The Morgan fingerprint density at radius 1 is 1.15 bits per heavy atom. The maximum absolute atomic E-state index is 13.5. The van der Waals surface area contributed by atoms with E-state index in [1.807, 2.05) is 19.1 Å². The van der Waals surface area contributed by atoms with E-state index in [4.69, 9.17) is 21.0 Å². The van der Waals surface area contributed by atoms with Gasteiger partial charge in [0.15, 0.2) is 5.13 Å². The van der Waals surface area contributed by atoms with Gasteiger partial charge in [-0.3, -0.25) is 24.2 Å². The van der Waals surface area contributed by atoms with Crippen molar-refractivity contribution in [2.45, 2.75) is 26.3 Å². The lowest BCUT2D eigenvalue weighted by atomic mass is 10.1. The first-order chi connectivity index (χ1) is 15.9. The first-order valence-electron chi connectivity index (χ1n) is 10.3. The van der Waals surface area contributed by atoms with Crippen LogP contribution in [0.25, 0.3) is 10.2 Å². The minimum atomic E-state index is -0.278. The lowest BCUT2D eigenvalue weighted by Gasteiger charge is -2.19. The Balaban J connectivity index is 1.50. The summed E-state index contributed by atoms with van der Waals surface area (Å²) in [5.74, 6) is -0.133. The van der Waals surface area contributed by atoms with Crippen molar-refractivity contribution in [3.8, 4) is 0 Å². The Labute approximate surface area is 198 Å². The highest BCUT2D eigenvalue weighted by Gasteiger charge is 2.30. The molecule has 1 fully saturated rings. The maximum atomic E-state index is 13.5. The summed E-state index contributed by atoms with van der Waals surface area (Å²) in [5, 5.41) is 1.13. The van der Waals surface area contributed by atoms with Gasteiger partial charge in [0.1, 0.15) is 5.76 Å². The number of fused-ring (bicyclic) bond motifs is 1. The summed E-state index contributed by atoms with van der Waals surface area (Å²) >= 11 is 7.58. The average molecular weight is 480 g/mol. The molecular formula is C24H18ClN3O4S. The van der Waals surface area contributed by atoms with E-state index in [2.05, 4.69) is 0 Å². The highest BCUT2D eigenvalue weighted by atomic mass is 35.5. The van der Waals surface area contributed by atoms with Crippen molar-refractivity contribution in [2.24, 2.45) is 0 Å². The Morgan fingerprint density at radius 3 is 2.55 bits per heavy atom. The summed E-state index contributed by atoms with van der Waals surface area (Å²) in [6, 6.07) is 13.7. The molecule has 0 aliphatic carbocycles. The van der Waals surface area contributed by atoms with Crippen LogP contribution < -0.4 is 9.80 Å². The molecule has 0 N–H and O–H groups in total. The maximum Gasteiger partial charge on any atom is 0.260 e. The van der Waals surface area contributed by atoms with Crippen LogP contribution in [0.5, 0.6) is 0 Å². The second-order valence-electron chi connectivity index (χ2n) is 7.71. The predicted molar refractivity (Wildman–Crippen MR) is 127 cm³/mol. The molecule has 33 heavy (non-hydrogen) atoms. The monoisotopic (exact) mass is 479 g/mol. The molecule has 0 unspecified atom stereocenters. The fraction of sp³-hybridized carbons (Fsp3) is 0.167. The molecule has 9 heteroatoms. The van der Waals surface area contributed by atoms with Gasteiger partial charge in [-0.2, -0.15) is 0 Å². The van der Waals surface area contributed by atoms with Crippen LogP contribution in [0, 0.1) is 6.92 Å². The zero-order valence-electron chi connectivity index (χ0n) is 17.6. The number of hydrogen-bond donors (Lipinski definition) is 0. The summed E-state index contributed by atoms with van der Waals surface area (Å²) in [4.78, 5) is 45.0. The first-order valence-corrected chi connectivity index (χ1v) is 11.5. The third kappa shape index (κ3) is 4.03. The number of furan rings is 1. The van der Waals surface area contributed by atoms with Crippen molar-refractivity contribution < 1.29 is 18.8 Å². The molecule has 1 aliphatic rings. The minimum Gasteiger partial charge on any atom is -0.467 e. The molecular weight excluding hydrogens is 462 g/mol. The Hall–Kier alpha value is -3.49. The summed E-state index contributed by atoms with van der Waals surface area (Å²) < 4.78 is 6.36. The average Bonchev–Trinajstić information content (AvgIpc) is 3.52. The summed E-state index contributed by atoms with van der Waals surface area (Å²) in [7, 11) is 0. The van der Waals surface area contributed by atoms with Gasteiger partial charge < -0.3 is 4.42 Å². The molecule has 1 saturated heterocycles. The van der Waals surface area contributed by atoms with E-state index in [1.54, 1.807) is 47.6 Å². The second-order valence-corrected chi connectivity index (χ2v) is 9.15. The van der Waals surface area contributed by atoms with Crippen molar-refractivity contribution in [2.75, 3.05) is 9.80 Å². The van der Waals surface area contributed by atoms with Crippen LogP contribution in [0.4, 0.5) is 10.8 Å². The largest absolute Gasteiger partial charge is 0.467 e. The van der Waals surface area contributed by atoms with Gasteiger partial charge >= 0.3 is 0 Å². The highest BCUT2D eigenvalue weighted by molar-refractivity contribution is 7.22. The molecule has 0 bridgehead atoms. The van der Waals surface area contributed by atoms with Gasteiger partial charge in [0.05, 0.1) is 28.7 Å². The van der Waals surface area contributed by atoms with Gasteiger partial charge in [-0.15, -0.1) is 0 Å². The third-order valence-corrected chi connectivity index (χ3v) is 6.68. The van der Waals surface area contributed by atoms with E-state index < -0.39 is 0 Å². The Bertz CT molecular complexity index is 1360. The molecule has 0 radical (unpaired) electrons. The van der Waals surface area contributed by atoms with Crippen LogP contribution in [0.1, 0.15) is 34.5 Å². The van der Waals surface area contributed by atoms with E-state index in [9.17, 15) is 14.4 Å². The van der Waals surface area contributed by atoms with Crippen molar-refractivity contribution in [1.82, 2.24) is 4.98 Å². The molecule has 0 atom stereocenters. The quantitative estimate of drug-likeness (QED) is 0.360. The lowest BCUT2D eigenvalue weighted by Crippen LogP contribution is -2.31. The zero-order valence-corrected chi connectivity index (χ0v) is 19.2. The van der Waals surface area contributed by atoms with Crippen LogP contribution >= 0.6 is 22.9 Å². The van der Waals surface area contributed by atoms with E-state index in [0.29, 0.717) is 27.2 Å². The number of nitrogens with zero attached hydrogens (tertiary/aromatic N) is 3. The van der Waals surface area contributed by atoms with Crippen LogP contribution in [0.15, 0.2) is 59.2 Å². The Kier molecular flexibility index (Phi) is 5.47. The van der Waals surface area contributed by atoms with Gasteiger partial charge in [-0.05, 0) is 61.0 Å². The lowest BCUT2D eigenvalue weighted by molar-refractivity contribution is -0.121. The topological polar surface area (TPSA) is 83.7 Å². The van der Waals surface area contributed by atoms with Crippen LogP contribution in [-0.2, 0) is 16.1 Å². The minimum absolute atomic E-state index is 0.198. The number of aromatic nitrogens is 1. The van der Waals surface area contributed by atoms with Gasteiger partial charge in [0, 0.05) is 23.4 Å². The molecule has 2 aromatic heterocycles. The van der Waals surface area contributed by atoms with E-state index in [1.165, 1.54) is 11.3 Å². The molecule has 166 valence electrons. The molecule has 7 nitrogen and oxygen atoms in total. The van der Waals surface area contributed by atoms with Gasteiger partial charge in [0.25, 0.3) is 5.91 Å². The third-order valence-electron chi connectivity index (χ3n) is 5.43. The van der Waals surface area contributed by atoms with Gasteiger partial charge in [-0.1, -0.05) is 22.9 Å². The van der Waals surface area contributed by atoms with Crippen LogP contribution in [0.2, 0.25) is 5.02 Å². The fourth-order valence-corrected chi connectivity index (χ4v) is 5.23. The molecule has 3 heterocycles. The normalized spacial score (nSPS) is 13.8. The van der Waals surface area contributed by atoms with Crippen molar-refractivity contribution in [3.63, 3.8) is 0 Å². The van der Waals surface area contributed by atoms with Crippen molar-refractivity contribution in [3.05, 3.63) is 76.7 Å².